The molecule has 0 unspecified atom stereocenters. The first-order valence-electron chi connectivity index (χ1n) is 36.7. The fourth-order valence-electron chi connectivity index (χ4n) is 7.18. The van der Waals surface area contributed by atoms with Gasteiger partial charge in [0, 0.05) is 182 Å². The Kier molecular flexibility index (Phi) is 135. The molecule has 15 heteroatoms. The zero-order valence-electron chi connectivity index (χ0n) is 75.8. The van der Waals surface area contributed by atoms with Crippen LogP contribution in [0.1, 0.15) is 134 Å². The first kappa shape index (κ1) is 144. The number of pyridine rings is 3. The molecule has 0 saturated carbocycles. The predicted octanol–water partition coefficient (Wildman–Crippen LogP) is 29.9. The molecule has 0 aliphatic heterocycles. The van der Waals surface area contributed by atoms with E-state index >= 15 is 0 Å². The number of aromatic nitrogens is 9. The molecule has 0 amide bonds. The van der Waals surface area contributed by atoms with Crippen molar-refractivity contribution in [2.24, 2.45) is 0 Å². The molecule has 0 spiro atoms. The fraction of sp³-hybridized carbons (Fsp3) is 0.206. The monoisotopic (exact) mass is 1800 g/mol. The Balaban J connectivity index is -0.0000000735. The minimum absolute atomic E-state index is 0. The predicted molar refractivity (Wildman–Crippen MR) is 499 cm³/mol. The third kappa shape index (κ3) is 87.1. The van der Waals surface area contributed by atoms with Gasteiger partial charge in [-0.15, -0.1) is 0 Å². The molecule has 15 rings (SSSR count). The van der Waals surface area contributed by atoms with Crippen molar-refractivity contribution >= 4 is 32.7 Å². The van der Waals surface area contributed by atoms with Crippen LogP contribution in [-0.2, 0) is 111 Å². The average molecular weight is 1800 g/mol. The minimum Gasteiger partial charge on any atom is -0.358 e. The summed E-state index contributed by atoms with van der Waals surface area (Å²) >= 11 is 0. The van der Waals surface area contributed by atoms with E-state index in [9.17, 15) is 0 Å². The molecule has 0 bridgehead atoms. The zero-order valence-corrected chi connectivity index (χ0v) is 84.2. The van der Waals surface area contributed by atoms with Gasteiger partial charge < -0.3 is 44.6 Å². The molecule has 0 saturated heterocycles. The summed E-state index contributed by atoms with van der Waals surface area (Å²) in [5.74, 6) is 0. The molecular weight excluding hydrogens is 1660 g/mol. The van der Waals surface area contributed by atoms with Crippen molar-refractivity contribution in [2.45, 2.75) is 145 Å². The molecule has 0 atom stereocenters. The number of aryl methyl sites for hydroxylation is 9. The van der Waals surface area contributed by atoms with Crippen molar-refractivity contribution < 1.29 is 111 Å². The third-order valence-corrected chi connectivity index (χ3v) is 11.9. The average Bonchev–Trinajstić information content (AvgIpc) is 0.869. The topological polar surface area (TPSA) is 116 Å². The smallest absolute Gasteiger partial charge is 0.0705 e. The van der Waals surface area contributed by atoms with Crippen LogP contribution in [0.15, 0.2) is 365 Å². The summed E-state index contributed by atoms with van der Waals surface area (Å²) in [5.41, 5.74) is 12.3. The van der Waals surface area contributed by atoms with E-state index < -0.39 is 0 Å². The van der Waals surface area contributed by atoms with E-state index in [1.54, 1.807) is 37.2 Å². The van der Waals surface area contributed by atoms with E-state index in [1.807, 2.05) is 437 Å². The van der Waals surface area contributed by atoms with Crippen molar-refractivity contribution in [3.05, 3.63) is 461 Å². The molecule has 9 nitrogen and oxygen atoms in total. The fourth-order valence-corrected chi connectivity index (χ4v) is 7.18. The Hall–Kier alpha value is -8.04. The summed E-state index contributed by atoms with van der Waals surface area (Å²) in [6.45, 7) is 41.6. The maximum absolute atomic E-state index is 4.38. The Morgan fingerprint density at radius 3 is 0.359 bits per heavy atom. The van der Waals surface area contributed by atoms with Crippen molar-refractivity contribution in [3.63, 3.8) is 0 Å². The second-order valence-electron chi connectivity index (χ2n) is 20.3. The van der Waals surface area contributed by atoms with Crippen LogP contribution in [0, 0.1) is 107 Å². The van der Waals surface area contributed by atoms with E-state index in [2.05, 4.69) is 81.3 Å². The van der Waals surface area contributed by atoms with E-state index in [4.69, 9.17) is 0 Å². The number of nitrogens with zero attached hydrogens (tertiary/aromatic N) is 9. The van der Waals surface area contributed by atoms with Crippen LogP contribution in [0.3, 0.4) is 0 Å². The molecule has 6 radical (unpaired) electrons. The van der Waals surface area contributed by atoms with E-state index in [1.165, 1.54) is 16.2 Å². The zero-order chi connectivity index (χ0) is 78.5. The molecule has 6 heterocycles. The summed E-state index contributed by atoms with van der Waals surface area (Å²) in [4.78, 5) is 37.2. The first-order chi connectivity index (χ1) is 51.4. The number of hydrogen-bond donors (Lipinski definition) is 0. The van der Waals surface area contributed by atoms with Gasteiger partial charge in [0.1, 0.15) is 0 Å². The second kappa shape index (κ2) is 110. The molecule has 0 aliphatic rings. The van der Waals surface area contributed by atoms with E-state index in [0.29, 0.717) is 0 Å². The van der Waals surface area contributed by atoms with Crippen molar-refractivity contribution in [1.29, 1.82) is 0 Å². The maximum atomic E-state index is 4.38. The number of para-hydroxylation sites is 3. The third-order valence-electron chi connectivity index (χ3n) is 11.9. The van der Waals surface area contributed by atoms with Crippen molar-refractivity contribution in [3.8, 4) is 0 Å². The molecule has 630 valence electrons. The number of hydrogen-bond acceptors (Lipinski definition) is 9. The maximum Gasteiger partial charge on any atom is 0.0705 e. The molecule has 6 aromatic heterocycles. The van der Waals surface area contributed by atoms with Crippen molar-refractivity contribution in [1.82, 2.24) is 44.9 Å². The molecule has 0 N–H and O–H groups in total. The minimum atomic E-state index is 0. The SMILES string of the molecule is CC.CC.CC.CC.CC.CC.Cc1ccc2ccccc2n1.Cc1ccc2ccccc2n1.Cc1ccc2ccccc2n1.Cc1cnc(C)cn1.Cc1cnc(C)cn1.Cc1cnc(C)cn1.[CH3-].[CH3-].[CH3-].[CH3-].[CH3-].[CH3-].[V].[V].[V].[V].[V].[V].c1ccccc1.c1ccccc1.c1ccccc1.c1ccccc1.c1ccccc1.c1ccccc1. The van der Waals surface area contributed by atoms with E-state index in [0.717, 1.165) is 67.8 Å². The van der Waals surface area contributed by atoms with Gasteiger partial charge in [-0.25, -0.2) is 0 Å². The van der Waals surface area contributed by atoms with Crippen LogP contribution < -0.4 is 0 Å². The van der Waals surface area contributed by atoms with Crippen LogP contribution in [0.2, 0.25) is 0 Å². The summed E-state index contributed by atoms with van der Waals surface area (Å²) in [7, 11) is 0. The number of rotatable bonds is 0. The van der Waals surface area contributed by atoms with Crippen LogP contribution in [-0.4, -0.2) is 44.9 Å². The van der Waals surface area contributed by atoms with Gasteiger partial charge in [0.05, 0.1) is 50.7 Å². The van der Waals surface area contributed by atoms with Crippen LogP contribution in [0.4, 0.5) is 0 Å². The van der Waals surface area contributed by atoms with Gasteiger partial charge in [-0.05, 0) is 98.7 Å². The number of benzene rings is 9. The van der Waals surface area contributed by atoms with Gasteiger partial charge in [-0.2, -0.15) is 0 Å². The Morgan fingerprint density at radius 1 is 0.137 bits per heavy atom. The van der Waals surface area contributed by atoms with E-state index in [-0.39, 0.29) is 156 Å². The van der Waals surface area contributed by atoms with Gasteiger partial charge in [0.15, 0.2) is 0 Å². The second-order valence-corrected chi connectivity index (χ2v) is 20.3. The Morgan fingerprint density at radius 2 is 0.248 bits per heavy atom. The van der Waals surface area contributed by atoms with Crippen LogP contribution in [0.25, 0.3) is 32.7 Å². The van der Waals surface area contributed by atoms with Gasteiger partial charge in [0.25, 0.3) is 0 Å². The first-order valence-corrected chi connectivity index (χ1v) is 36.7. The molecule has 117 heavy (non-hydrogen) atoms. The molecule has 9 aromatic carbocycles. The normalized spacial score (nSPS) is 7.56. The van der Waals surface area contributed by atoms with Gasteiger partial charge in [0.2, 0.25) is 0 Å². The molecule has 0 fully saturated rings. The van der Waals surface area contributed by atoms with Gasteiger partial charge in [-0.1, -0.05) is 374 Å². The standard InChI is InChI=1S/3C10H9N.3C6H8N2.6C6H6.6C2H6.6CH3.6V/c3*1-8-6-7-9-4-2-3-5-10(9)11-8;3*1-5-3-8-6(2)4-7-5;6*1-2-4-6-5-3-1;6*1-2;;;;;;;;;;;;/h3*2-7H,1H3;3*3-4H,1-2H3;6*1-6H;6*1-2H3;6*1H3;;;;;;/q;;;;;;;;;;;;;;;;;;6*-1;;;;;;. The van der Waals surface area contributed by atoms with Crippen LogP contribution in [0.5, 0.6) is 0 Å². The molecule has 0 aliphatic carbocycles. The Labute approximate surface area is 787 Å². The van der Waals surface area contributed by atoms with Crippen LogP contribution >= 0.6 is 0 Å². The number of fused-ring (bicyclic) bond motifs is 3. The largest absolute Gasteiger partial charge is 0.358 e. The van der Waals surface area contributed by atoms with Gasteiger partial charge in [-0.3, -0.25) is 44.9 Å². The Bertz CT molecular complexity index is 3440. The summed E-state index contributed by atoms with van der Waals surface area (Å²) in [5, 5.41) is 3.62. The molecule has 15 aromatic rings. The summed E-state index contributed by atoms with van der Waals surface area (Å²) < 4.78 is 0. The van der Waals surface area contributed by atoms with Crippen molar-refractivity contribution in [2.75, 3.05) is 0 Å². The van der Waals surface area contributed by atoms with Gasteiger partial charge >= 0.3 is 0 Å². The molecular formula is C102H141N9V6-6. The quantitative estimate of drug-likeness (QED) is 0.137. The summed E-state index contributed by atoms with van der Waals surface area (Å²) in [6, 6.07) is 109. The summed E-state index contributed by atoms with van der Waals surface area (Å²) in [6.07, 6.45) is 10.6.